The topological polar surface area (TPSA) is 12.0 Å². The SMILES string of the molecule is CC.CC.CC1=CCNCC1. The third-order valence-corrected chi connectivity index (χ3v) is 1.29. The Bertz CT molecular complexity index is 84.9. The van der Waals surface area contributed by atoms with Gasteiger partial charge in [-0.05, 0) is 19.9 Å². The van der Waals surface area contributed by atoms with E-state index in [9.17, 15) is 0 Å². The molecule has 1 heteroatoms. The maximum atomic E-state index is 3.24. The molecule has 11 heavy (non-hydrogen) atoms. The summed E-state index contributed by atoms with van der Waals surface area (Å²) in [5.74, 6) is 0. The summed E-state index contributed by atoms with van der Waals surface area (Å²) in [6, 6.07) is 0. The third kappa shape index (κ3) is 9.70. The number of hydrogen-bond donors (Lipinski definition) is 1. The molecule has 1 aliphatic heterocycles. The van der Waals surface area contributed by atoms with Crippen LogP contribution in [0.5, 0.6) is 0 Å². The van der Waals surface area contributed by atoms with Crippen LogP contribution in [0.4, 0.5) is 0 Å². The van der Waals surface area contributed by atoms with Gasteiger partial charge in [0.05, 0.1) is 0 Å². The zero-order chi connectivity index (χ0) is 9.11. The van der Waals surface area contributed by atoms with Gasteiger partial charge in [0.15, 0.2) is 0 Å². The fraction of sp³-hybridized carbons (Fsp3) is 0.800. The Morgan fingerprint density at radius 1 is 1.18 bits per heavy atom. The second-order valence-electron chi connectivity index (χ2n) is 2.00. The maximum Gasteiger partial charge on any atom is 0.0137 e. The molecule has 1 rings (SSSR count). The molecule has 0 amide bonds. The molecule has 0 fully saturated rings. The molecule has 0 radical (unpaired) electrons. The standard InChI is InChI=1S/C6H11N.2C2H6/c1-6-2-4-7-5-3-6;2*1-2/h2,7H,3-5H2,1H3;2*1-2H3. The molecule has 1 nitrogen and oxygen atoms in total. The first-order chi connectivity index (χ1) is 5.39. The van der Waals surface area contributed by atoms with Crippen LogP contribution in [0.2, 0.25) is 0 Å². The molecule has 1 aliphatic rings. The maximum absolute atomic E-state index is 3.24. The summed E-state index contributed by atoms with van der Waals surface area (Å²) in [6.45, 7) is 12.4. The molecule has 0 aromatic heterocycles. The summed E-state index contributed by atoms with van der Waals surface area (Å²) in [5, 5.41) is 3.24. The lowest BCUT2D eigenvalue weighted by atomic mass is 10.1. The van der Waals surface area contributed by atoms with Gasteiger partial charge in [0.1, 0.15) is 0 Å². The Balaban J connectivity index is 0. The molecule has 0 aromatic carbocycles. The minimum absolute atomic E-state index is 1.08. The molecule has 0 atom stereocenters. The van der Waals surface area contributed by atoms with E-state index in [4.69, 9.17) is 0 Å². The first-order valence-electron chi connectivity index (χ1n) is 4.76. The smallest absolute Gasteiger partial charge is 0.0137 e. The monoisotopic (exact) mass is 157 g/mol. The van der Waals surface area contributed by atoms with Crippen molar-refractivity contribution in [3.8, 4) is 0 Å². The summed E-state index contributed by atoms with van der Waals surface area (Å²) in [7, 11) is 0. The molecule has 1 heterocycles. The van der Waals surface area contributed by atoms with E-state index in [-0.39, 0.29) is 0 Å². The van der Waals surface area contributed by atoms with Crippen molar-refractivity contribution in [1.29, 1.82) is 0 Å². The van der Waals surface area contributed by atoms with E-state index in [0.29, 0.717) is 0 Å². The predicted octanol–water partition coefficient (Wildman–Crippen LogP) is 2.98. The first kappa shape index (κ1) is 13.3. The summed E-state index contributed by atoms with van der Waals surface area (Å²) in [6.07, 6.45) is 3.48. The molecule has 1 N–H and O–H groups in total. The quantitative estimate of drug-likeness (QED) is 0.533. The Hall–Kier alpha value is -0.300. The van der Waals surface area contributed by atoms with Gasteiger partial charge in [0.2, 0.25) is 0 Å². The second-order valence-corrected chi connectivity index (χ2v) is 2.00. The Kier molecular flexibility index (Phi) is 15.0. The van der Waals surface area contributed by atoms with Crippen molar-refractivity contribution in [2.75, 3.05) is 13.1 Å². The van der Waals surface area contributed by atoms with Gasteiger partial charge in [0.25, 0.3) is 0 Å². The van der Waals surface area contributed by atoms with E-state index in [1.165, 1.54) is 18.5 Å². The van der Waals surface area contributed by atoms with E-state index in [1.54, 1.807) is 0 Å². The Morgan fingerprint density at radius 2 is 1.73 bits per heavy atom. The summed E-state index contributed by atoms with van der Waals surface area (Å²) in [5.41, 5.74) is 1.53. The first-order valence-corrected chi connectivity index (χ1v) is 4.76. The van der Waals surface area contributed by atoms with Crippen molar-refractivity contribution in [3.05, 3.63) is 11.6 Å². The average molecular weight is 157 g/mol. The van der Waals surface area contributed by atoms with Gasteiger partial charge in [-0.3, -0.25) is 0 Å². The van der Waals surface area contributed by atoms with Crippen molar-refractivity contribution in [3.63, 3.8) is 0 Å². The van der Waals surface area contributed by atoms with Gasteiger partial charge in [-0.25, -0.2) is 0 Å². The third-order valence-electron chi connectivity index (χ3n) is 1.29. The predicted molar refractivity (Wildman–Crippen MR) is 53.9 cm³/mol. The molecule has 0 bridgehead atoms. The Labute approximate surface area is 71.9 Å². The van der Waals surface area contributed by atoms with Crippen LogP contribution in [-0.2, 0) is 0 Å². The second kappa shape index (κ2) is 12.4. The number of hydrogen-bond acceptors (Lipinski definition) is 1. The fourth-order valence-electron chi connectivity index (χ4n) is 0.736. The molecular formula is C10H23N. The van der Waals surface area contributed by atoms with Gasteiger partial charge in [-0.1, -0.05) is 39.3 Å². The molecule has 0 saturated carbocycles. The molecule has 0 unspecified atom stereocenters. The van der Waals surface area contributed by atoms with Gasteiger partial charge in [-0.2, -0.15) is 0 Å². The number of nitrogens with one attached hydrogen (secondary N) is 1. The zero-order valence-corrected chi connectivity index (χ0v) is 8.70. The van der Waals surface area contributed by atoms with Gasteiger partial charge in [-0.15, -0.1) is 0 Å². The van der Waals surface area contributed by atoms with Crippen LogP contribution >= 0.6 is 0 Å². The van der Waals surface area contributed by atoms with E-state index in [0.717, 1.165) is 6.54 Å². The molecule has 0 aliphatic carbocycles. The van der Waals surface area contributed by atoms with Crippen LogP contribution in [0.25, 0.3) is 0 Å². The highest BCUT2D eigenvalue weighted by molar-refractivity contribution is 5.02. The van der Waals surface area contributed by atoms with Gasteiger partial charge in [0, 0.05) is 6.54 Å². The molecule has 0 spiro atoms. The zero-order valence-electron chi connectivity index (χ0n) is 8.70. The van der Waals surface area contributed by atoms with Crippen LogP contribution in [0, 0.1) is 0 Å². The number of rotatable bonds is 0. The Morgan fingerprint density at radius 3 is 1.91 bits per heavy atom. The van der Waals surface area contributed by atoms with Crippen LogP contribution in [0.1, 0.15) is 41.0 Å². The van der Waals surface area contributed by atoms with Crippen LogP contribution < -0.4 is 5.32 Å². The van der Waals surface area contributed by atoms with E-state index in [1.807, 2.05) is 27.7 Å². The highest BCUT2D eigenvalue weighted by Crippen LogP contribution is 1.99. The van der Waals surface area contributed by atoms with Crippen molar-refractivity contribution in [2.45, 2.75) is 41.0 Å². The van der Waals surface area contributed by atoms with Crippen LogP contribution in [-0.4, -0.2) is 13.1 Å². The summed E-state index contributed by atoms with van der Waals surface area (Å²) >= 11 is 0. The van der Waals surface area contributed by atoms with E-state index >= 15 is 0 Å². The lowest BCUT2D eigenvalue weighted by Crippen LogP contribution is -2.19. The van der Waals surface area contributed by atoms with E-state index in [2.05, 4.69) is 18.3 Å². The lowest BCUT2D eigenvalue weighted by molar-refractivity contribution is 0.703. The highest BCUT2D eigenvalue weighted by Gasteiger charge is 1.93. The molecular weight excluding hydrogens is 134 g/mol. The average Bonchev–Trinajstić information content (AvgIpc) is 2.13. The summed E-state index contributed by atoms with van der Waals surface area (Å²) in [4.78, 5) is 0. The fourth-order valence-corrected chi connectivity index (χ4v) is 0.736. The normalized spacial score (nSPS) is 14.8. The molecule has 68 valence electrons. The summed E-state index contributed by atoms with van der Waals surface area (Å²) < 4.78 is 0. The van der Waals surface area contributed by atoms with Crippen LogP contribution in [0.15, 0.2) is 11.6 Å². The molecule has 0 saturated heterocycles. The van der Waals surface area contributed by atoms with Crippen molar-refractivity contribution in [1.82, 2.24) is 5.32 Å². The van der Waals surface area contributed by atoms with Gasteiger partial charge < -0.3 is 5.32 Å². The van der Waals surface area contributed by atoms with Crippen molar-refractivity contribution < 1.29 is 0 Å². The minimum atomic E-state index is 1.08. The van der Waals surface area contributed by atoms with E-state index < -0.39 is 0 Å². The van der Waals surface area contributed by atoms with Crippen LogP contribution in [0.3, 0.4) is 0 Å². The van der Waals surface area contributed by atoms with Gasteiger partial charge >= 0.3 is 0 Å². The highest BCUT2D eigenvalue weighted by atomic mass is 14.8. The largest absolute Gasteiger partial charge is 0.313 e. The minimum Gasteiger partial charge on any atom is -0.313 e. The van der Waals surface area contributed by atoms with Crippen molar-refractivity contribution >= 4 is 0 Å². The lowest BCUT2D eigenvalue weighted by Gasteiger charge is -2.08. The van der Waals surface area contributed by atoms with Crippen molar-refractivity contribution in [2.24, 2.45) is 0 Å². The molecule has 0 aromatic rings.